The molecule has 0 aliphatic carbocycles. The molecule has 0 unspecified atom stereocenters. The fourth-order valence-electron chi connectivity index (χ4n) is 8.68. The lowest BCUT2D eigenvalue weighted by Gasteiger charge is -2.26. The standard InChI is InChI=1S/C52H34N2/c1-34-12-10-11-29-53(39-24-21-35-13-2-3-14-36(35)30-39)50-27-22-37(31-47(34)50)38-23-28-52-49(32-38)46-19-8-9-20-51(46)54(52)40-25-26-45-43-17-5-4-15-41(43)42-16-6-7-18-44(42)48(45)33-40/h2-33H,1H2/b12-10-,29-11-. The Bertz CT molecular complexity index is 3210. The van der Waals surface area contributed by atoms with Gasteiger partial charge in [0.15, 0.2) is 0 Å². The zero-order valence-corrected chi connectivity index (χ0v) is 29.6. The van der Waals surface area contributed by atoms with Gasteiger partial charge in [-0.2, -0.15) is 0 Å². The van der Waals surface area contributed by atoms with E-state index in [0.717, 1.165) is 33.8 Å². The summed E-state index contributed by atoms with van der Waals surface area (Å²) in [4.78, 5) is 2.27. The van der Waals surface area contributed by atoms with Crippen LogP contribution in [-0.4, -0.2) is 4.57 Å². The fraction of sp³-hybridized carbons (Fsp3) is 0. The zero-order chi connectivity index (χ0) is 35.8. The van der Waals surface area contributed by atoms with E-state index in [1.165, 1.54) is 70.5 Å². The summed E-state index contributed by atoms with van der Waals surface area (Å²) in [5, 5.41) is 12.6. The summed E-state index contributed by atoms with van der Waals surface area (Å²) in [5.74, 6) is 0. The summed E-state index contributed by atoms with van der Waals surface area (Å²) < 4.78 is 2.43. The van der Waals surface area contributed by atoms with Crippen LogP contribution in [0.25, 0.3) is 87.3 Å². The molecule has 2 heteroatoms. The average Bonchev–Trinajstić information content (AvgIpc) is 3.56. The van der Waals surface area contributed by atoms with Crippen molar-refractivity contribution in [3.05, 3.63) is 206 Å². The Morgan fingerprint density at radius 3 is 1.80 bits per heavy atom. The molecule has 10 aromatic rings. The Kier molecular flexibility index (Phi) is 6.74. The molecule has 0 fully saturated rings. The summed E-state index contributed by atoms with van der Waals surface area (Å²) in [7, 11) is 0. The Labute approximate surface area is 313 Å². The van der Waals surface area contributed by atoms with Crippen molar-refractivity contribution in [2.45, 2.75) is 0 Å². The van der Waals surface area contributed by atoms with Crippen molar-refractivity contribution < 1.29 is 0 Å². The van der Waals surface area contributed by atoms with E-state index < -0.39 is 0 Å². The number of anilines is 2. The molecule has 0 N–H and O–H groups in total. The molecule has 1 aliphatic rings. The third-order valence-corrected chi connectivity index (χ3v) is 11.2. The molecule has 11 rings (SSSR count). The highest BCUT2D eigenvalue weighted by Gasteiger charge is 2.18. The molecule has 0 bridgehead atoms. The van der Waals surface area contributed by atoms with Gasteiger partial charge in [0.25, 0.3) is 0 Å². The predicted octanol–water partition coefficient (Wildman–Crippen LogP) is 14.3. The van der Waals surface area contributed by atoms with Crippen molar-refractivity contribution in [1.29, 1.82) is 0 Å². The molecule has 0 radical (unpaired) electrons. The maximum atomic E-state index is 4.50. The summed E-state index contributed by atoms with van der Waals surface area (Å²) in [6.45, 7) is 4.50. The summed E-state index contributed by atoms with van der Waals surface area (Å²) in [6.07, 6.45) is 8.40. The van der Waals surface area contributed by atoms with E-state index >= 15 is 0 Å². The molecule has 0 amide bonds. The van der Waals surface area contributed by atoms with Crippen LogP contribution in [0.4, 0.5) is 11.4 Å². The highest BCUT2D eigenvalue weighted by Crippen LogP contribution is 2.41. The number of aromatic nitrogens is 1. The quantitative estimate of drug-likeness (QED) is 0.168. The molecule has 0 saturated heterocycles. The molecule has 9 aromatic carbocycles. The van der Waals surface area contributed by atoms with Crippen molar-refractivity contribution in [1.82, 2.24) is 4.57 Å². The minimum atomic E-state index is 0.983. The highest BCUT2D eigenvalue weighted by atomic mass is 15.1. The first-order chi connectivity index (χ1) is 26.7. The van der Waals surface area contributed by atoms with Crippen molar-refractivity contribution in [2.75, 3.05) is 4.90 Å². The number of rotatable bonds is 3. The van der Waals surface area contributed by atoms with Gasteiger partial charge >= 0.3 is 0 Å². The second-order valence-corrected chi connectivity index (χ2v) is 14.3. The molecule has 0 saturated carbocycles. The SMILES string of the molecule is C=C1/C=C\C=C/N(c2ccc3ccccc3c2)c2ccc(-c3ccc4c(c3)c3ccccc3n4-c3ccc4c5ccccc5c5ccccc5c4c3)cc21. The Morgan fingerprint density at radius 2 is 1.00 bits per heavy atom. The van der Waals surface area contributed by atoms with Gasteiger partial charge in [0, 0.05) is 33.9 Å². The summed E-state index contributed by atoms with van der Waals surface area (Å²) in [6, 6.07) is 62.2. The minimum Gasteiger partial charge on any atom is -0.317 e. The van der Waals surface area contributed by atoms with Gasteiger partial charge in [0.1, 0.15) is 0 Å². The van der Waals surface area contributed by atoms with E-state index in [1.807, 2.05) is 0 Å². The van der Waals surface area contributed by atoms with Crippen LogP contribution in [0.2, 0.25) is 0 Å². The van der Waals surface area contributed by atoms with Crippen LogP contribution in [0, 0.1) is 0 Å². The zero-order valence-electron chi connectivity index (χ0n) is 29.6. The van der Waals surface area contributed by atoms with Gasteiger partial charge in [0.2, 0.25) is 0 Å². The van der Waals surface area contributed by atoms with Gasteiger partial charge in [-0.15, -0.1) is 0 Å². The molecule has 252 valence electrons. The molecule has 54 heavy (non-hydrogen) atoms. The molecule has 0 spiro atoms. The van der Waals surface area contributed by atoms with Crippen LogP contribution in [0.15, 0.2) is 201 Å². The average molecular weight is 687 g/mol. The second-order valence-electron chi connectivity index (χ2n) is 14.3. The van der Waals surface area contributed by atoms with Gasteiger partial charge < -0.3 is 9.47 Å². The Balaban J connectivity index is 1.06. The largest absolute Gasteiger partial charge is 0.317 e. The van der Waals surface area contributed by atoms with Crippen molar-refractivity contribution in [3.8, 4) is 16.8 Å². The van der Waals surface area contributed by atoms with Gasteiger partial charge in [-0.25, -0.2) is 0 Å². The monoisotopic (exact) mass is 686 g/mol. The minimum absolute atomic E-state index is 0.983. The lowest BCUT2D eigenvalue weighted by Crippen LogP contribution is -2.11. The van der Waals surface area contributed by atoms with Crippen molar-refractivity contribution >= 4 is 81.8 Å². The first-order valence-corrected chi connectivity index (χ1v) is 18.5. The number of nitrogens with zero attached hydrogens (tertiary/aromatic N) is 2. The first-order valence-electron chi connectivity index (χ1n) is 18.5. The smallest absolute Gasteiger partial charge is 0.0541 e. The second kappa shape index (κ2) is 11.9. The van der Waals surface area contributed by atoms with E-state index in [9.17, 15) is 0 Å². The lowest BCUT2D eigenvalue weighted by atomic mass is 9.94. The van der Waals surface area contributed by atoms with Crippen LogP contribution >= 0.6 is 0 Å². The molecule has 1 aliphatic heterocycles. The predicted molar refractivity (Wildman–Crippen MR) is 232 cm³/mol. The third kappa shape index (κ3) is 4.67. The van der Waals surface area contributed by atoms with Crippen molar-refractivity contribution in [2.24, 2.45) is 0 Å². The highest BCUT2D eigenvalue weighted by molar-refractivity contribution is 6.25. The molecular weight excluding hydrogens is 653 g/mol. The number of hydrogen-bond acceptors (Lipinski definition) is 1. The van der Waals surface area contributed by atoms with Crippen LogP contribution in [-0.2, 0) is 0 Å². The molecular formula is C52H34N2. The molecule has 2 nitrogen and oxygen atoms in total. The van der Waals surface area contributed by atoms with E-state index in [4.69, 9.17) is 0 Å². The van der Waals surface area contributed by atoms with Crippen LogP contribution in [0.5, 0.6) is 0 Å². The fourth-order valence-corrected chi connectivity index (χ4v) is 8.68. The number of benzene rings is 9. The van der Waals surface area contributed by atoms with Crippen LogP contribution < -0.4 is 4.90 Å². The Morgan fingerprint density at radius 1 is 0.389 bits per heavy atom. The van der Waals surface area contributed by atoms with E-state index in [0.29, 0.717) is 0 Å². The third-order valence-electron chi connectivity index (χ3n) is 11.2. The van der Waals surface area contributed by atoms with Crippen molar-refractivity contribution in [3.63, 3.8) is 0 Å². The summed E-state index contributed by atoms with van der Waals surface area (Å²) >= 11 is 0. The van der Waals surface area contributed by atoms with Crippen LogP contribution in [0.3, 0.4) is 0 Å². The Hall–Kier alpha value is -7.16. The lowest BCUT2D eigenvalue weighted by molar-refractivity contribution is 1.19. The summed E-state index contributed by atoms with van der Waals surface area (Å²) in [5.41, 5.74) is 10.2. The van der Waals surface area contributed by atoms with Gasteiger partial charge in [0.05, 0.1) is 16.7 Å². The molecule has 0 atom stereocenters. The van der Waals surface area contributed by atoms with E-state index in [-0.39, 0.29) is 0 Å². The van der Waals surface area contributed by atoms with Crippen LogP contribution in [0.1, 0.15) is 5.56 Å². The maximum Gasteiger partial charge on any atom is 0.0541 e. The van der Waals surface area contributed by atoms with Gasteiger partial charge in [-0.1, -0.05) is 134 Å². The number of hydrogen-bond donors (Lipinski definition) is 0. The number of fused-ring (bicyclic) bond motifs is 11. The molecule has 1 aromatic heterocycles. The maximum absolute atomic E-state index is 4.50. The first kappa shape index (κ1) is 30.5. The molecule has 2 heterocycles. The van der Waals surface area contributed by atoms with E-state index in [1.54, 1.807) is 0 Å². The van der Waals surface area contributed by atoms with Gasteiger partial charge in [-0.3, -0.25) is 0 Å². The normalized spacial score (nSPS) is 14.2. The van der Waals surface area contributed by atoms with Gasteiger partial charge in [-0.05, 0) is 120 Å². The topological polar surface area (TPSA) is 8.17 Å². The number of para-hydroxylation sites is 1. The number of allylic oxidation sites excluding steroid dienone is 4. The van der Waals surface area contributed by atoms with E-state index in [2.05, 4.69) is 210 Å².